The zero-order chi connectivity index (χ0) is 14.7. The molecule has 0 aliphatic heterocycles. The molecule has 0 saturated heterocycles. The zero-order valence-electron chi connectivity index (χ0n) is 11.7. The van der Waals surface area contributed by atoms with Gasteiger partial charge in [0.2, 0.25) is 5.91 Å². The van der Waals surface area contributed by atoms with Crippen molar-refractivity contribution in [2.24, 2.45) is 0 Å². The summed E-state index contributed by atoms with van der Waals surface area (Å²) in [6.45, 7) is 5.64. The molecule has 1 aromatic heterocycles. The molecule has 0 bridgehead atoms. The summed E-state index contributed by atoms with van der Waals surface area (Å²) in [5.74, 6) is -0.0504. The average molecular weight is 353 g/mol. The maximum atomic E-state index is 11.1. The van der Waals surface area contributed by atoms with Gasteiger partial charge >= 0.3 is 0 Å². The van der Waals surface area contributed by atoms with Crippen molar-refractivity contribution in [1.82, 2.24) is 0 Å². The minimum atomic E-state index is -0.0504. The van der Waals surface area contributed by atoms with E-state index in [0.29, 0.717) is 0 Å². The fraction of sp³-hybridized carbons (Fsp3) is 0.267. The Kier molecular flexibility index (Phi) is 4.83. The van der Waals surface area contributed by atoms with Gasteiger partial charge in [-0.15, -0.1) is 11.3 Å². The van der Waals surface area contributed by atoms with Gasteiger partial charge in [0.05, 0.1) is 9.83 Å². The van der Waals surface area contributed by atoms with E-state index < -0.39 is 0 Å². The van der Waals surface area contributed by atoms with Crippen LogP contribution in [0.1, 0.15) is 30.3 Å². The molecule has 1 unspecified atom stereocenters. The zero-order valence-corrected chi connectivity index (χ0v) is 14.1. The smallest absolute Gasteiger partial charge is 0.221 e. The van der Waals surface area contributed by atoms with Gasteiger partial charge in [0.25, 0.3) is 0 Å². The van der Waals surface area contributed by atoms with E-state index in [9.17, 15) is 4.79 Å². The Morgan fingerprint density at radius 1 is 1.30 bits per heavy atom. The Balaban J connectivity index is 2.10. The molecule has 5 heteroatoms. The lowest BCUT2D eigenvalue weighted by Crippen LogP contribution is -2.08. The summed E-state index contributed by atoms with van der Waals surface area (Å²) in [5.41, 5.74) is 2.95. The summed E-state index contributed by atoms with van der Waals surface area (Å²) in [4.78, 5) is 12.4. The van der Waals surface area contributed by atoms with Crippen LogP contribution in [0.5, 0.6) is 0 Å². The number of hydrogen-bond donors (Lipinski definition) is 2. The molecular weight excluding hydrogens is 336 g/mol. The first-order valence-electron chi connectivity index (χ1n) is 6.35. The highest BCUT2D eigenvalue weighted by Gasteiger charge is 2.09. The highest BCUT2D eigenvalue weighted by molar-refractivity contribution is 9.11. The van der Waals surface area contributed by atoms with E-state index in [4.69, 9.17) is 0 Å². The van der Waals surface area contributed by atoms with Gasteiger partial charge in [0, 0.05) is 23.2 Å². The Morgan fingerprint density at radius 3 is 2.60 bits per heavy atom. The van der Waals surface area contributed by atoms with Crippen molar-refractivity contribution in [3.63, 3.8) is 0 Å². The molecule has 1 amide bonds. The van der Waals surface area contributed by atoms with Crippen LogP contribution in [0.25, 0.3) is 0 Å². The van der Waals surface area contributed by atoms with Crippen molar-refractivity contribution in [3.8, 4) is 0 Å². The molecule has 0 saturated carbocycles. The van der Waals surface area contributed by atoms with Gasteiger partial charge in [-0.05, 0) is 65.7 Å². The first-order chi connectivity index (χ1) is 9.45. The van der Waals surface area contributed by atoms with Gasteiger partial charge in [-0.1, -0.05) is 0 Å². The van der Waals surface area contributed by atoms with E-state index in [1.54, 1.807) is 11.3 Å². The molecule has 0 aliphatic rings. The van der Waals surface area contributed by atoms with E-state index in [0.717, 1.165) is 20.7 Å². The number of carbonyl (C=O) groups is 1. The number of nitrogens with one attached hydrogen (secondary N) is 2. The van der Waals surface area contributed by atoms with Crippen LogP contribution < -0.4 is 10.6 Å². The van der Waals surface area contributed by atoms with Crippen LogP contribution in [-0.4, -0.2) is 5.91 Å². The van der Waals surface area contributed by atoms with Crippen molar-refractivity contribution >= 4 is 44.5 Å². The highest BCUT2D eigenvalue weighted by Crippen LogP contribution is 2.30. The van der Waals surface area contributed by atoms with E-state index in [-0.39, 0.29) is 11.9 Å². The Hall–Kier alpha value is -1.33. The number of halogens is 1. The minimum Gasteiger partial charge on any atom is -0.378 e. The second-order valence-electron chi connectivity index (χ2n) is 4.72. The number of carbonyl (C=O) groups excluding carboxylic acids is 1. The van der Waals surface area contributed by atoms with Crippen LogP contribution in [0.4, 0.5) is 11.4 Å². The largest absolute Gasteiger partial charge is 0.378 e. The van der Waals surface area contributed by atoms with E-state index in [2.05, 4.69) is 45.6 Å². The maximum Gasteiger partial charge on any atom is 0.221 e. The molecule has 0 spiro atoms. The molecule has 1 atom stereocenters. The number of aryl methyl sites for hydroxylation is 1. The minimum absolute atomic E-state index is 0.0504. The topological polar surface area (TPSA) is 41.1 Å². The number of anilines is 2. The Morgan fingerprint density at radius 2 is 2.05 bits per heavy atom. The number of benzene rings is 1. The van der Waals surface area contributed by atoms with E-state index in [1.165, 1.54) is 11.8 Å². The summed E-state index contributed by atoms with van der Waals surface area (Å²) < 4.78 is 1.14. The number of thiophene rings is 1. The number of rotatable bonds is 4. The molecule has 2 rings (SSSR count). The molecule has 20 heavy (non-hydrogen) atoms. The normalized spacial score (nSPS) is 12.0. The first kappa shape index (κ1) is 15.1. The Bertz CT molecular complexity index is 624. The van der Waals surface area contributed by atoms with Crippen molar-refractivity contribution in [2.75, 3.05) is 10.6 Å². The SMILES string of the molecule is CC(=O)Nc1ccc(NC(C)c2ccc(Br)s2)cc1C. The van der Waals surface area contributed by atoms with Gasteiger partial charge in [-0.25, -0.2) is 0 Å². The molecule has 0 radical (unpaired) electrons. The van der Waals surface area contributed by atoms with Gasteiger partial charge < -0.3 is 10.6 Å². The maximum absolute atomic E-state index is 11.1. The third kappa shape index (κ3) is 3.84. The summed E-state index contributed by atoms with van der Waals surface area (Å²) in [5, 5.41) is 6.29. The molecule has 0 aliphatic carbocycles. The molecule has 2 N–H and O–H groups in total. The lowest BCUT2D eigenvalue weighted by Gasteiger charge is -2.15. The second-order valence-corrected chi connectivity index (χ2v) is 7.21. The Labute approximate surface area is 131 Å². The van der Waals surface area contributed by atoms with Crippen molar-refractivity contribution < 1.29 is 4.79 Å². The summed E-state index contributed by atoms with van der Waals surface area (Å²) in [6.07, 6.45) is 0. The number of hydrogen-bond acceptors (Lipinski definition) is 3. The molecule has 3 nitrogen and oxygen atoms in total. The third-order valence-corrected chi connectivity index (χ3v) is 4.75. The first-order valence-corrected chi connectivity index (χ1v) is 7.96. The van der Waals surface area contributed by atoms with Gasteiger partial charge in [0.1, 0.15) is 0 Å². The number of amides is 1. The molecule has 106 valence electrons. The van der Waals surface area contributed by atoms with E-state index in [1.807, 2.05) is 25.1 Å². The van der Waals surface area contributed by atoms with Crippen LogP contribution in [0, 0.1) is 6.92 Å². The predicted octanol–water partition coefficient (Wildman–Crippen LogP) is 4.95. The summed E-state index contributed by atoms with van der Waals surface area (Å²) >= 11 is 5.21. The van der Waals surface area contributed by atoms with Crippen LogP contribution in [0.3, 0.4) is 0 Å². The third-order valence-electron chi connectivity index (χ3n) is 2.94. The lowest BCUT2D eigenvalue weighted by molar-refractivity contribution is -0.114. The lowest BCUT2D eigenvalue weighted by atomic mass is 10.1. The standard InChI is InChI=1S/C15H17BrN2OS/c1-9-8-12(4-5-13(9)18-11(3)19)17-10(2)14-6-7-15(16)20-14/h4-8,10,17H,1-3H3,(H,18,19). The second kappa shape index (κ2) is 6.41. The van der Waals surface area contributed by atoms with Crippen LogP contribution in [0.2, 0.25) is 0 Å². The summed E-state index contributed by atoms with van der Waals surface area (Å²) in [6, 6.07) is 10.4. The molecule has 0 fully saturated rings. The summed E-state index contributed by atoms with van der Waals surface area (Å²) in [7, 11) is 0. The van der Waals surface area contributed by atoms with Crippen molar-refractivity contribution in [2.45, 2.75) is 26.8 Å². The average Bonchev–Trinajstić information content (AvgIpc) is 2.79. The molecular formula is C15H17BrN2OS. The van der Waals surface area contributed by atoms with Gasteiger partial charge in [-0.2, -0.15) is 0 Å². The fourth-order valence-electron chi connectivity index (χ4n) is 1.97. The molecule has 2 aromatic rings. The fourth-order valence-corrected chi connectivity index (χ4v) is 3.39. The van der Waals surface area contributed by atoms with Crippen LogP contribution in [-0.2, 0) is 4.79 Å². The highest BCUT2D eigenvalue weighted by atomic mass is 79.9. The molecule has 1 aromatic carbocycles. The quantitative estimate of drug-likeness (QED) is 0.817. The van der Waals surface area contributed by atoms with Gasteiger partial charge in [0.15, 0.2) is 0 Å². The van der Waals surface area contributed by atoms with Crippen LogP contribution >= 0.6 is 27.3 Å². The predicted molar refractivity (Wildman–Crippen MR) is 89.5 cm³/mol. The van der Waals surface area contributed by atoms with Crippen molar-refractivity contribution in [3.05, 3.63) is 44.6 Å². The van der Waals surface area contributed by atoms with Crippen LogP contribution in [0.15, 0.2) is 34.1 Å². The van der Waals surface area contributed by atoms with Crippen molar-refractivity contribution in [1.29, 1.82) is 0 Å². The van der Waals surface area contributed by atoms with E-state index >= 15 is 0 Å². The monoisotopic (exact) mass is 352 g/mol. The molecule has 1 heterocycles. The van der Waals surface area contributed by atoms with Gasteiger partial charge in [-0.3, -0.25) is 4.79 Å².